The number of nitro benzene ring substituents is 1. The highest BCUT2D eigenvalue weighted by Gasteiger charge is 2.23. The second-order valence-corrected chi connectivity index (χ2v) is 6.83. The van der Waals surface area contributed by atoms with Crippen molar-refractivity contribution in [3.8, 4) is 0 Å². The van der Waals surface area contributed by atoms with Gasteiger partial charge in [0.25, 0.3) is 5.69 Å². The molecule has 0 aliphatic rings. The van der Waals surface area contributed by atoms with Gasteiger partial charge in [-0.15, -0.1) is 0 Å². The molecule has 0 unspecified atom stereocenters. The molecule has 2 amide bonds. The smallest absolute Gasteiger partial charge is 0.334 e. The predicted molar refractivity (Wildman–Crippen MR) is 121 cm³/mol. The number of anilines is 4. The first-order valence-corrected chi connectivity index (χ1v) is 9.65. The van der Waals surface area contributed by atoms with Crippen LogP contribution in [0, 0.1) is 20.2 Å². The van der Waals surface area contributed by atoms with Crippen LogP contribution < -0.4 is 21.5 Å². The van der Waals surface area contributed by atoms with Gasteiger partial charge in [-0.05, 0) is 29.8 Å². The maximum atomic E-state index is 12.2. The van der Waals surface area contributed by atoms with E-state index in [1.54, 1.807) is 24.3 Å². The van der Waals surface area contributed by atoms with Gasteiger partial charge in [0.2, 0.25) is 23.5 Å². The minimum absolute atomic E-state index is 0.108. The lowest BCUT2D eigenvalue weighted by atomic mass is 10.1. The number of aromatic nitrogens is 2. The van der Waals surface area contributed by atoms with Gasteiger partial charge in [0.15, 0.2) is 0 Å². The van der Waals surface area contributed by atoms with Crippen LogP contribution in [0.1, 0.15) is 12.5 Å². The number of nitro groups is 2. The quantitative estimate of drug-likeness (QED) is 0.269. The van der Waals surface area contributed by atoms with Gasteiger partial charge in [-0.1, -0.05) is 12.1 Å². The van der Waals surface area contributed by atoms with Gasteiger partial charge in [-0.25, -0.2) is 9.97 Å². The molecule has 2 aromatic carbocycles. The first-order valence-electron chi connectivity index (χ1n) is 9.65. The fourth-order valence-electron chi connectivity index (χ4n) is 2.81. The Kier molecular flexibility index (Phi) is 7.23. The lowest BCUT2D eigenvalue weighted by Gasteiger charge is -2.11. The van der Waals surface area contributed by atoms with Crippen molar-refractivity contribution in [2.45, 2.75) is 13.3 Å². The molecule has 0 aliphatic carbocycles. The van der Waals surface area contributed by atoms with E-state index in [-0.39, 0.29) is 29.7 Å². The monoisotopic (exact) mass is 466 g/mol. The van der Waals surface area contributed by atoms with Crippen LogP contribution in [0.25, 0.3) is 0 Å². The average Bonchev–Trinajstić information content (AvgIpc) is 2.79. The van der Waals surface area contributed by atoms with Gasteiger partial charge in [-0.3, -0.25) is 40.7 Å². The van der Waals surface area contributed by atoms with Crippen molar-refractivity contribution in [3.63, 3.8) is 0 Å². The van der Waals surface area contributed by atoms with Crippen molar-refractivity contribution in [3.05, 3.63) is 80.7 Å². The van der Waals surface area contributed by atoms with Gasteiger partial charge < -0.3 is 10.6 Å². The third-order valence-corrected chi connectivity index (χ3v) is 4.31. The van der Waals surface area contributed by atoms with Gasteiger partial charge in [0.05, 0.1) is 16.3 Å². The molecule has 0 saturated carbocycles. The van der Waals surface area contributed by atoms with Crippen LogP contribution in [-0.2, 0) is 16.0 Å². The van der Waals surface area contributed by atoms with Crippen molar-refractivity contribution in [1.82, 2.24) is 15.4 Å². The number of carbonyl (C=O) groups is 2. The van der Waals surface area contributed by atoms with Gasteiger partial charge in [0, 0.05) is 30.4 Å². The second-order valence-electron chi connectivity index (χ2n) is 6.83. The van der Waals surface area contributed by atoms with E-state index in [0.717, 1.165) is 6.33 Å². The molecule has 34 heavy (non-hydrogen) atoms. The zero-order valence-corrected chi connectivity index (χ0v) is 17.6. The fraction of sp³-hybridized carbons (Fsp3) is 0.100. The molecule has 1 heterocycles. The van der Waals surface area contributed by atoms with Gasteiger partial charge >= 0.3 is 5.69 Å². The molecule has 174 valence electrons. The Hall–Kier alpha value is -5.14. The Labute approximate surface area is 191 Å². The standard InChI is InChI=1S/C20H18N8O6/c1-12(29)23-14-4-6-15(7-5-14)24-19-18(28(33)34)20(22-11-21-19)26-25-17(30)10-13-2-8-16(9-3-13)27(31)32/h2-9,11H,10H2,1H3,(H,23,29)(H,25,30)(H2,21,22,24,26). The van der Waals surface area contributed by atoms with Crippen LogP contribution in [0.3, 0.4) is 0 Å². The number of rotatable bonds is 9. The summed E-state index contributed by atoms with van der Waals surface area (Å²) in [5.74, 6) is -1.17. The Morgan fingerprint density at radius 2 is 1.50 bits per heavy atom. The van der Waals surface area contributed by atoms with Crippen LogP contribution >= 0.6 is 0 Å². The number of amides is 2. The number of nitrogens with zero attached hydrogens (tertiary/aromatic N) is 4. The molecule has 0 fully saturated rings. The summed E-state index contributed by atoms with van der Waals surface area (Å²) in [5, 5.41) is 27.8. The summed E-state index contributed by atoms with van der Waals surface area (Å²) >= 11 is 0. The summed E-state index contributed by atoms with van der Waals surface area (Å²) in [6, 6.07) is 11.8. The molecule has 0 spiro atoms. The van der Waals surface area contributed by atoms with Crippen LogP contribution in [-0.4, -0.2) is 31.6 Å². The van der Waals surface area contributed by atoms with Crippen LogP contribution in [0.5, 0.6) is 0 Å². The van der Waals surface area contributed by atoms with E-state index >= 15 is 0 Å². The third-order valence-electron chi connectivity index (χ3n) is 4.31. The van der Waals surface area contributed by atoms with Crippen LogP contribution in [0.4, 0.5) is 34.4 Å². The molecule has 4 N–H and O–H groups in total. The minimum atomic E-state index is -0.709. The SMILES string of the molecule is CC(=O)Nc1ccc(Nc2ncnc(NNC(=O)Cc3ccc([N+](=O)[O-])cc3)c2[N+](=O)[O-])cc1. The van der Waals surface area contributed by atoms with E-state index in [1.165, 1.54) is 31.2 Å². The van der Waals surface area contributed by atoms with Crippen molar-refractivity contribution >= 4 is 46.2 Å². The number of hydrazine groups is 1. The number of non-ortho nitro benzene ring substituents is 1. The van der Waals surface area contributed by atoms with Crippen LogP contribution in [0.2, 0.25) is 0 Å². The summed E-state index contributed by atoms with van der Waals surface area (Å²) in [7, 11) is 0. The molecular weight excluding hydrogens is 448 g/mol. The van der Waals surface area contributed by atoms with E-state index in [4.69, 9.17) is 0 Å². The normalized spacial score (nSPS) is 10.1. The Bertz CT molecular complexity index is 1230. The lowest BCUT2D eigenvalue weighted by molar-refractivity contribution is -0.384. The van der Waals surface area contributed by atoms with E-state index < -0.39 is 21.4 Å². The maximum Gasteiger partial charge on any atom is 0.355 e. The summed E-state index contributed by atoms with van der Waals surface area (Å²) < 4.78 is 0. The molecule has 14 heteroatoms. The maximum absolute atomic E-state index is 12.2. The van der Waals surface area contributed by atoms with E-state index in [9.17, 15) is 29.8 Å². The van der Waals surface area contributed by atoms with Crippen molar-refractivity contribution in [1.29, 1.82) is 0 Å². The van der Waals surface area contributed by atoms with E-state index in [0.29, 0.717) is 16.9 Å². The number of nitrogens with one attached hydrogen (secondary N) is 4. The summed E-state index contributed by atoms with van der Waals surface area (Å²) in [6.45, 7) is 1.37. The summed E-state index contributed by atoms with van der Waals surface area (Å²) in [6.07, 6.45) is 0.946. The zero-order valence-electron chi connectivity index (χ0n) is 17.6. The average molecular weight is 466 g/mol. The molecule has 0 atom stereocenters. The third kappa shape index (κ3) is 6.19. The lowest BCUT2D eigenvalue weighted by Crippen LogP contribution is -2.31. The molecule has 3 rings (SSSR count). The molecule has 0 saturated heterocycles. The highest BCUT2D eigenvalue weighted by Crippen LogP contribution is 2.31. The summed E-state index contributed by atoms with van der Waals surface area (Å²) in [4.78, 5) is 52.1. The fourth-order valence-corrected chi connectivity index (χ4v) is 2.81. The molecule has 0 aliphatic heterocycles. The van der Waals surface area contributed by atoms with E-state index in [1.807, 2.05) is 0 Å². The zero-order chi connectivity index (χ0) is 24.7. The van der Waals surface area contributed by atoms with Crippen molar-refractivity contribution < 1.29 is 19.4 Å². The molecular formula is C20H18N8O6. The molecule has 3 aromatic rings. The van der Waals surface area contributed by atoms with E-state index in [2.05, 4.69) is 31.5 Å². The van der Waals surface area contributed by atoms with Gasteiger partial charge in [0.1, 0.15) is 6.33 Å². The minimum Gasteiger partial charge on any atom is -0.334 e. The largest absolute Gasteiger partial charge is 0.355 e. The molecule has 0 bridgehead atoms. The Morgan fingerprint density at radius 3 is 2.09 bits per heavy atom. The number of carbonyl (C=O) groups excluding carboxylic acids is 2. The highest BCUT2D eigenvalue weighted by molar-refractivity contribution is 5.89. The number of benzene rings is 2. The van der Waals surface area contributed by atoms with Crippen molar-refractivity contribution in [2.75, 3.05) is 16.1 Å². The molecule has 1 aromatic heterocycles. The molecule has 0 radical (unpaired) electrons. The highest BCUT2D eigenvalue weighted by atomic mass is 16.6. The Balaban J connectivity index is 1.69. The topological polar surface area (TPSA) is 194 Å². The van der Waals surface area contributed by atoms with Gasteiger partial charge in [-0.2, -0.15) is 0 Å². The summed E-state index contributed by atoms with van der Waals surface area (Å²) in [5.41, 5.74) is 5.62. The number of hydrogen-bond donors (Lipinski definition) is 4. The first-order chi connectivity index (χ1) is 16.2. The number of hydrogen-bond acceptors (Lipinski definition) is 10. The van der Waals surface area contributed by atoms with Crippen LogP contribution in [0.15, 0.2) is 54.9 Å². The molecule has 14 nitrogen and oxygen atoms in total. The predicted octanol–water partition coefficient (Wildman–Crippen LogP) is 2.68. The first kappa shape index (κ1) is 23.5. The second kappa shape index (κ2) is 10.4. The Morgan fingerprint density at radius 1 is 0.882 bits per heavy atom. The van der Waals surface area contributed by atoms with Crippen molar-refractivity contribution in [2.24, 2.45) is 0 Å².